The summed E-state index contributed by atoms with van der Waals surface area (Å²) in [5, 5.41) is 9.12. The van der Waals surface area contributed by atoms with Crippen LogP contribution in [0.4, 0.5) is 17.5 Å². The molecule has 6 heterocycles. The second-order valence-corrected chi connectivity index (χ2v) is 15.8. The highest BCUT2D eigenvalue weighted by molar-refractivity contribution is 6.24. The summed E-state index contributed by atoms with van der Waals surface area (Å²) < 4.78 is 7.78. The van der Waals surface area contributed by atoms with Crippen LogP contribution in [0.5, 0.6) is 5.75 Å². The molecule has 4 aliphatic rings. The van der Waals surface area contributed by atoms with Gasteiger partial charge in [0.25, 0.3) is 23.6 Å². The van der Waals surface area contributed by atoms with Gasteiger partial charge in [0, 0.05) is 70.9 Å². The molecule has 18 nitrogen and oxygen atoms in total. The molecule has 0 bridgehead atoms. The molecule has 1 aromatic carbocycles. The molecule has 3 aliphatic heterocycles. The lowest BCUT2D eigenvalue weighted by Crippen LogP contribution is -2.54. The number of piperazine rings is 1. The zero-order valence-electron chi connectivity index (χ0n) is 33.8. The highest BCUT2D eigenvalue weighted by Crippen LogP contribution is 2.36. The number of carbonyl (C=O) groups excluding carboxylic acids is 6. The molecule has 6 amide bonds. The SMILES string of the molecule is CN(C)C(=O)c1cc2cnc(Nc3ccc(N4CCN(CCCCNC(=O)COc5cccc6c5C(=O)N(C5CCC(=O)NC5=O)C6=O)CC4)cn3)nc2n1C1CCCC1. The van der Waals surface area contributed by atoms with Crippen LogP contribution in [-0.2, 0) is 14.4 Å². The average Bonchev–Trinajstić information content (AvgIpc) is 3.97. The minimum absolute atomic E-state index is 0.00496. The number of benzene rings is 1. The molecular weight excluding hydrogens is 771 g/mol. The maximum absolute atomic E-state index is 13.3. The van der Waals surface area contributed by atoms with E-state index in [2.05, 4.69) is 40.3 Å². The number of unbranched alkanes of at least 4 members (excludes halogenated alkanes) is 1. The average molecular weight is 820 g/mol. The number of nitrogens with zero attached hydrogens (tertiary/aromatic N) is 8. The van der Waals surface area contributed by atoms with Crippen molar-refractivity contribution in [2.75, 3.05) is 70.2 Å². The van der Waals surface area contributed by atoms with Crippen molar-refractivity contribution in [2.24, 2.45) is 0 Å². The number of nitrogens with one attached hydrogen (secondary N) is 3. The third-order valence-electron chi connectivity index (χ3n) is 11.6. The molecule has 1 saturated carbocycles. The summed E-state index contributed by atoms with van der Waals surface area (Å²) in [6.45, 7) is 4.53. The number of piperidine rings is 1. The molecule has 3 fully saturated rings. The molecule has 1 aliphatic carbocycles. The maximum Gasteiger partial charge on any atom is 0.270 e. The fourth-order valence-corrected chi connectivity index (χ4v) is 8.47. The monoisotopic (exact) mass is 819 g/mol. The molecule has 1 unspecified atom stereocenters. The number of amides is 6. The van der Waals surface area contributed by atoms with Crippen LogP contribution in [0.3, 0.4) is 0 Å². The van der Waals surface area contributed by atoms with Crippen LogP contribution < -0.4 is 25.6 Å². The van der Waals surface area contributed by atoms with Gasteiger partial charge in [-0.3, -0.25) is 43.9 Å². The van der Waals surface area contributed by atoms with Gasteiger partial charge in [0.2, 0.25) is 17.8 Å². The number of carbonyl (C=O) groups is 6. The van der Waals surface area contributed by atoms with Gasteiger partial charge < -0.3 is 29.7 Å². The zero-order chi connectivity index (χ0) is 41.9. The van der Waals surface area contributed by atoms with Crippen molar-refractivity contribution in [2.45, 2.75) is 63.5 Å². The maximum atomic E-state index is 13.3. The van der Waals surface area contributed by atoms with Gasteiger partial charge in [-0.15, -0.1) is 0 Å². The number of hydrogen-bond acceptors (Lipinski definition) is 13. The number of aromatic nitrogens is 4. The van der Waals surface area contributed by atoms with E-state index in [1.165, 1.54) is 12.1 Å². The number of anilines is 3. The predicted molar refractivity (Wildman–Crippen MR) is 220 cm³/mol. The molecule has 60 heavy (non-hydrogen) atoms. The molecule has 3 aromatic heterocycles. The molecule has 8 rings (SSSR count). The molecule has 314 valence electrons. The van der Waals surface area contributed by atoms with E-state index < -0.39 is 29.7 Å². The van der Waals surface area contributed by atoms with Crippen LogP contribution >= 0.6 is 0 Å². The minimum atomic E-state index is -1.09. The number of fused-ring (bicyclic) bond motifs is 2. The standard InChI is InChI=1S/C42H49N11O7/c1-49(2)40(58)31-22-26-23-45-42(48-37(26)52(31)27-8-3-4-9-27)46-33-14-12-28(24-44-33)51-20-18-50(19-21-51)17-6-5-16-43-35(55)25-60-32-11-7-10-29-36(32)41(59)53(39(29)57)30-13-15-34(54)47-38(30)56/h7,10-12,14,22-24,27,30H,3-6,8-9,13,15-21,25H2,1-2H3,(H,43,55)(H,47,54,56)(H,44,45,46,48). The fourth-order valence-electron chi connectivity index (χ4n) is 8.47. The molecular formula is C42H49N11O7. The van der Waals surface area contributed by atoms with Crippen LogP contribution in [0, 0.1) is 0 Å². The minimum Gasteiger partial charge on any atom is -0.483 e. The number of imide groups is 2. The number of hydrogen-bond donors (Lipinski definition) is 3. The van der Waals surface area contributed by atoms with E-state index in [1.807, 2.05) is 24.4 Å². The molecule has 18 heteroatoms. The van der Waals surface area contributed by atoms with E-state index in [1.54, 1.807) is 31.3 Å². The van der Waals surface area contributed by atoms with Crippen molar-refractivity contribution in [3.05, 3.63) is 65.6 Å². The summed E-state index contributed by atoms with van der Waals surface area (Å²) in [5.41, 5.74) is 2.52. The third-order valence-corrected chi connectivity index (χ3v) is 11.6. The second kappa shape index (κ2) is 17.4. The normalized spacial score (nSPS) is 18.5. The van der Waals surface area contributed by atoms with Gasteiger partial charge in [0.1, 0.15) is 29.0 Å². The highest BCUT2D eigenvalue weighted by Gasteiger charge is 2.46. The number of pyridine rings is 1. The summed E-state index contributed by atoms with van der Waals surface area (Å²) in [6.07, 6.45) is 9.68. The molecule has 0 radical (unpaired) electrons. The molecule has 4 aromatic rings. The van der Waals surface area contributed by atoms with Crippen LogP contribution in [0.25, 0.3) is 11.0 Å². The lowest BCUT2D eigenvalue weighted by atomic mass is 10.0. The van der Waals surface area contributed by atoms with Crippen LogP contribution in [-0.4, -0.2) is 136 Å². The van der Waals surface area contributed by atoms with Gasteiger partial charge in [0.05, 0.1) is 23.0 Å². The first kappa shape index (κ1) is 40.4. The van der Waals surface area contributed by atoms with Gasteiger partial charge in [-0.2, -0.15) is 4.98 Å². The molecule has 3 N–H and O–H groups in total. The molecule has 1 atom stereocenters. The topological polar surface area (TPSA) is 204 Å². The Morgan fingerprint density at radius 1 is 0.933 bits per heavy atom. The van der Waals surface area contributed by atoms with Gasteiger partial charge in [-0.1, -0.05) is 18.9 Å². The van der Waals surface area contributed by atoms with E-state index in [0.717, 1.165) is 92.9 Å². The summed E-state index contributed by atoms with van der Waals surface area (Å²) in [5.74, 6) is -1.72. The van der Waals surface area contributed by atoms with Crippen LogP contribution in [0.15, 0.2) is 48.8 Å². The Bertz CT molecular complexity index is 2310. The number of rotatable bonds is 14. The fraction of sp³-hybridized carbons (Fsp3) is 0.452. The third kappa shape index (κ3) is 8.36. The Labute approximate surface area is 346 Å². The summed E-state index contributed by atoms with van der Waals surface area (Å²) in [6, 6.07) is 9.55. The Hall–Kier alpha value is -6.43. The summed E-state index contributed by atoms with van der Waals surface area (Å²) >= 11 is 0. The van der Waals surface area contributed by atoms with E-state index >= 15 is 0 Å². The Morgan fingerprint density at radius 2 is 1.73 bits per heavy atom. The molecule has 0 spiro atoms. The first-order valence-corrected chi connectivity index (χ1v) is 20.6. The Balaban J connectivity index is 0.756. The Morgan fingerprint density at radius 3 is 2.47 bits per heavy atom. The van der Waals surface area contributed by atoms with Crippen molar-refractivity contribution in [3.8, 4) is 5.75 Å². The van der Waals surface area contributed by atoms with Crippen molar-refractivity contribution in [3.63, 3.8) is 0 Å². The zero-order valence-corrected chi connectivity index (χ0v) is 33.8. The first-order chi connectivity index (χ1) is 29.0. The van der Waals surface area contributed by atoms with E-state index in [4.69, 9.17) is 9.72 Å². The quantitative estimate of drug-likeness (QED) is 0.124. The smallest absolute Gasteiger partial charge is 0.270 e. The van der Waals surface area contributed by atoms with E-state index in [0.29, 0.717) is 24.0 Å². The molecule has 2 saturated heterocycles. The van der Waals surface area contributed by atoms with Crippen molar-refractivity contribution in [1.29, 1.82) is 0 Å². The first-order valence-electron chi connectivity index (χ1n) is 20.6. The van der Waals surface area contributed by atoms with E-state index in [9.17, 15) is 28.8 Å². The van der Waals surface area contributed by atoms with Gasteiger partial charge in [0.15, 0.2) is 6.61 Å². The Kier molecular flexibility index (Phi) is 11.7. The van der Waals surface area contributed by atoms with Gasteiger partial charge >= 0.3 is 0 Å². The number of ether oxygens (including phenoxy) is 1. The van der Waals surface area contributed by atoms with Gasteiger partial charge in [-0.25, -0.2) is 9.97 Å². The van der Waals surface area contributed by atoms with Gasteiger partial charge in [-0.05, 0) is 69.0 Å². The second-order valence-electron chi connectivity index (χ2n) is 15.8. The van der Waals surface area contributed by atoms with Crippen LogP contribution in [0.1, 0.15) is 88.6 Å². The van der Waals surface area contributed by atoms with Crippen molar-refractivity contribution < 1.29 is 33.5 Å². The van der Waals surface area contributed by atoms with Crippen molar-refractivity contribution in [1.82, 2.24) is 44.9 Å². The summed E-state index contributed by atoms with van der Waals surface area (Å²) in [4.78, 5) is 97.2. The lowest BCUT2D eigenvalue weighted by Gasteiger charge is -2.36. The largest absolute Gasteiger partial charge is 0.483 e. The summed E-state index contributed by atoms with van der Waals surface area (Å²) in [7, 11) is 3.53. The van der Waals surface area contributed by atoms with E-state index in [-0.39, 0.29) is 54.2 Å². The lowest BCUT2D eigenvalue weighted by molar-refractivity contribution is -0.136. The highest BCUT2D eigenvalue weighted by atomic mass is 16.5. The van der Waals surface area contributed by atoms with Crippen molar-refractivity contribution >= 4 is 63.9 Å². The van der Waals surface area contributed by atoms with Crippen LogP contribution in [0.2, 0.25) is 0 Å². The predicted octanol–water partition coefficient (Wildman–Crippen LogP) is 2.89.